The van der Waals surface area contributed by atoms with Crippen LogP contribution in [0, 0.1) is 11.3 Å². The first-order valence-corrected chi connectivity index (χ1v) is 8.65. The molecule has 128 valence electrons. The molecule has 24 heavy (non-hydrogen) atoms. The minimum atomic E-state index is -4.11. The van der Waals surface area contributed by atoms with Crippen molar-refractivity contribution in [3.05, 3.63) is 40.6 Å². The van der Waals surface area contributed by atoms with E-state index in [1.165, 1.54) is 0 Å². The molecular formula is C17H17BrF3N3. The minimum absolute atomic E-state index is 0.00983. The summed E-state index contributed by atoms with van der Waals surface area (Å²) >= 11 is 3.39. The lowest BCUT2D eigenvalue weighted by atomic mass is 9.71. The minimum Gasteiger partial charge on any atom is -0.290 e. The topological polar surface area (TPSA) is 39.9 Å². The fourth-order valence-corrected chi connectivity index (χ4v) is 4.12. The van der Waals surface area contributed by atoms with Gasteiger partial charge in [0.2, 0.25) is 0 Å². The number of nitriles is 1. The second-order valence-corrected chi connectivity index (χ2v) is 7.39. The van der Waals surface area contributed by atoms with Gasteiger partial charge in [0.25, 0.3) is 0 Å². The van der Waals surface area contributed by atoms with Crippen LogP contribution >= 0.6 is 15.9 Å². The smallest absolute Gasteiger partial charge is 0.290 e. The second kappa shape index (κ2) is 6.49. The predicted octanol–water partition coefficient (Wildman–Crippen LogP) is 4.35. The van der Waals surface area contributed by atoms with Gasteiger partial charge in [0.05, 0.1) is 11.5 Å². The van der Waals surface area contributed by atoms with Crippen molar-refractivity contribution in [3.63, 3.8) is 0 Å². The molecular weight excluding hydrogens is 383 g/mol. The van der Waals surface area contributed by atoms with Crippen molar-refractivity contribution >= 4 is 15.9 Å². The number of halogens is 4. The SMILES string of the molecule is N#CC1(c2cncc(Br)c2)C[C@H]2C=C[C@@H](C1)N2CCCC(F)(F)F. The Hall–Kier alpha value is -1.39. The lowest BCUT2D eigenvalue weighted by molar-refractivity contribution is -0.136. The Morgan fingerprint density at radius 3 is 2.50 bits per heavy atom. The van der Waals surface area contributed by atoms with Crippen LogP contribution in [-0.2, 0) is 5.41 Å². The Labute approximate surface area is 147 Å². The highest BCUT2D eigenvalue weighted by atomic mass is 79.9. The molecule has 0 aromatic carbocycles. The van der Waals surface area contributed by atoms with Gasteiger partial charge in [-0.2, -0.15) is 18.4 Å². The Balaban J connectivity index is 1.73. The van der Waals surface area contributed by atoms with Crippen LogP contribution in [0.4, 0.5) is 13.2 Å². The third kappa shape index (κ3) is 3.50. The summed E-state index contributed by atoms with van der Waals surface area (Å²) in [7, 11) is 0. The van der Waals surface area contributed by atoms with E-state index in [0.29, 0.717) is 19.4 Å². The first kappa shape index (κ1) is 17.4. The van der Waals surface area contributed by atoms with Crippen molar-refractivity contribution in [2.24, 2.45) is 0 Å². The summed E-state index contributed by atoms with van der Waals surface area (Å²) in [5.74, 6) is 0. The van der Waals surface area contributed by atoms with Crippen LogP contribution in [0.25, 0.3) is 0 Å². The maximum Gasteiger partial charge on any atom is 0.389 e. The van der Waals surface area contributed by atoms with Crippen molar-refractivity contribution in [3.8, 4) is 6.07 Å². The van der Waals surface area contributed by atoms with Crippen LogP contribution in [0.15, 0.2) is 35.1 Å². The summed E-state index contributed by atoms with van der Waals surface area (Å²) in [6.07, 6.45) is 3.84. The van der Waals surface area contributed by atoms with E-state index in [1.807, 2.05) is 18.2 Å². The number of alkyl halides is 3. The molecule has 0 amide bonds. The number of nitrogens with zero attached hydrogens (tertiary/aromatic N) is 3. The highest BCUT2D eigenvalue weighted by molar-refractivity contribution is 9.10. The first-order valence-electron chi connectivity index (χ1n) is 7.86. The molecule has 0 aliphatic carbocycles. The van der Waals surface area contributed by atoms with Gasteiger partial charge in [-0.1, -0.05) is 12.2 Å². The van der Waals surface area contributed by atoms with Gasteiger partial charge in [-0.3, -0.25) is 9.88 Å². The van der Waals surface area contributed by atoms with Crippen LogP contribution in [0.2, 0.25) is 0 Å². The average Bonchev–Trinajstić information content (AvgIpc) is 2.77. The van der Waals surface area contributed by atoms with Crippen molar-refractivity contribution in [2.75, 3.05) is 6.54 Å². The summed E-state index contributed by atoms with van der Waals surface area (Å²) in [5, 5.41) is 9.83. The Morgan fingerprint density at radius 1 is 1.29 bits per heavy atom. The number of piperidine rings is 1. The Morgan fingerprint density at radius 2 is 1.96 bits per heavy atom. The Kier molecular flexibility index (Phi) is 4.71. The summed E-state index contributed by atoms with van der Waals surface area (Å²) in [6, 6.07) is 4.39. The van der Waals surface area contributed by atoms with E-state index in [4.69, 9.17) is 0 Å². The molecule has 7 heteroatoms. The lowest BCUT2D eigenvalue weighted by Crippen LogP contribution is -2.50. The van der Waals surface area contributed by atoms with Crippen molar-refractivity contribution in [1.29, 1.82) is 5.26 Å². The van der Waals surface area contributed by atoms with Crippen molar-refractivity contribution in [2.45, 2.75) is 49.4 Å². The standard InChI is InChI=1S/C17H17BrF3N3/c18-13-6-12(9-23-10-13)16(11-22)7-14-2-3-15(8-16)24(14)5-1-4-17(19,20)21/h2-3,6,9-10,14-15H,1,4-5,7-8H2/t14-,15+,16?. The van der Waals surface area contributed by atoms with Crippen LogP contribution in [0.3, 0.4) is 0 Å². The van der Waals surface area contributed by atoms with Gasteiger partial charge in [0, 0.05) is 35.4 Å². The van der Waals surface area contributed by atoms with E-state index in [9.17, 15) is 18.4 Å². The molecule has 2 bridgehead atoms. The zero-order chi connectivity index (χ0) is 17.4. The fourth-order valence-electron chi connectivity index (χ4n) is 3.75. The maximum atomic E-state index is 12.4. The zero-order valence-electron chi connectivity index (χ0n) is 12.9. The first-order chi connectivity index (χ1) is 11.3. The van der Waals surface area contributed by atoms with Gasteiger partial charge in [-0.05, 0) is 53.4 Å². The molecule has 2 aliphatic rings. The molecule has 3 heterocycles. The van der Waals surface area contributed by atoms with Crippen LogP contribution in [0.1, 0.15) is 31.2 Å². The van der Waals surface area contributed by atoms with E-state index in [2.05, 4.69) is 31.9 Å². The van der Waals surface area contributed by atoms with E-state index in [1.54, 1.807) is 12.4 Å². The predicted molar refractivity (Wildman–Crippen MR) is 87.2 cm³/mol. The van der Waals surface area contributed by atoms with E-state index in [-0.39, 0.29) is 18.5 Å². The van der Waals surface area contributed by atoms with Gasteiger partial charge in [0.1, 0.15) is 0 Å². The average molecular weight is 400 g/mol. The third-order valence-electron chi connectivity index (χ3n) is 4.87. The lowest BCUT2D eigenvalue weighted by Gasteiger charge is -2.43. The molecule has 1 aromatic rings. The molecule has 0 spiro atoms. The number of fused-ring (bicyclic) bond motifs is 2. The molecule has 3 nitrogen and oxygen atoms in total. The second-order valence-electron chi connectivity index (χ2n) is 6.47. The summed E-state index contributed by atoms with van der Waals surface area (Å²) in [5.41, 5.74) is 0.226. The fraction of sp³-hybridized carbons (Fsp3) is 0.529. The largest absolute Gasteiger partial charge is 0.389 e. The maximum absolute atomic E-state index is 12.4. The number of hydrogen-bond acceptors (Lipinski definition) is 3. The molecule has 1 fully saturated rings. The number of rotatable bonds is 4. The molecule has 1 unspecified atom stereocenters. The van der Waals surface area contributed by atoms with Crippen LogP contribution in [0.5, 0.6) is 0 Å². The quantitative estimate of drug-likeness (QED) is 0.706. The van der Waals surface area contributed by atoms with E-state index >= 15 is 0 Å². The molecule has 0 radical (unpaired) electrons. The molecule has 1 aromatic heterocycles. The summed E-state index contributed by atoms with van der Waals surface area (Å²) in [6.45, 7) is 0.403. The van der Waals surface area contributed by atoms with Gasteiger partial charge >= 0.3 is 6.18 Å². The summed E-state index contributed by atoms with van der Waals surface area (Å²) in [4.78, 5) is 6.25. The molecule has 0 N–H and O–H groups in total. The third-order valence-corrected chi connectivity index (χ3v) is 5.30. The number of pyridine rings is 1. The van der Waals surface area contributed by atoms with Crippen molar-refractivity contribution < 1.29 is 13.2 Å². The molecule has 1 saturated heterocycles. The Bertz CT molecular complexity index is 664. The normalized spacial score (nSPS) is 29.6. The molecule has 0 saturated carbocycles. The molecule has 3 rings (SSSR count). The monoisotopic (exact) mass is 399 g/mol. The van der Waals surface area contributed by atoms with Crippen LogP contribution < -0.4 is 0 Å². The number of aromatic nitrogens is 1. The molecule has 3 atom stereocenters. The van der Waals surface area contributed by atoms with E-state index < -0.39 is 18.0 Å². The van der Waals surface area contributed by atoms with Crippen LogP contribution in [-0.4, -0.2) is 34.7 Å². The number of hydrogen-bond donors (Lipinski definition) is 0. The summed E-state index contributed by atoms with van der Waals surface area (Å²) < 4.78 is 37.9. The highest BCUT2D eigenvalue weighted by Crippen LogP contribution is 2.44. The highest BCUT2D eigenvalue weighted by Gasteiger charge is 2.47. The zero-order valence-corrected chi connectivity index (χ0v) is 14.5. The van der Waals surface area contributed by atoms with E-state index in [0.717, 1.165) is 10.0 Å². The van der Waals surface area contributed by atoms with Gasteiger partial charge in [-0.25, -0.2) is 0 Å². The van der Waals surface area contributed by atoms with Gasteiger partial charge < -0.3 is 0 Å². The van der Waals surface area contributed by atoms with Crippen molar-refractivity contribution in [1.82, 2.24) is 9.88 Å². The molecule has 2 aliphatic heterocycles. The van der Waals surface area contributed by atoms with Gasteiger partial charge in [0.15, 0.2) is 0 Å². The van der Waals surface area contributed by atoms with Gasteiger partial charge in [-0.15, -0.1) is 0 Å².